The summed E-state index contributed by atoms with van der Waals surface area (Å²) in [4.78, 5) is 2.47. The zero-order valence-corrected chi connectivity index (χ0v) is 26.8. The van der Waals surface area contributed by atoms with Crippen molar-refractivity contribution in [3.05, 3.63) is 151 Å². The van der Waals surface area contributed by atoms with Gasteiger partial charge in [0.2, 0.25) is 5.75 Å². The summed E-state index contributed by atoms with van der Waals surface area (Å²) >= 11 is 1.77. The van der Waals surface area contributed by atoms with Crippen LogP contribution in [0.3, 0.4) is 0 Å². The highest BCUT2D eigenvalue weighted by molar-refractivity contribution is 7.18. The predicted molar refractivity (Wildman–Crippen MR) is 189 cm³/mol. The summed E-state index contributed by atoms with van der Waals surface area (Å²) in [6.45, 7) is 4.12. The van der Waals surface area contributed by atoms with E-state index in [9.17, 15) is 10.2 Å². The van der Waals surface area contributed by atoms with Gasteiger partial charge in [-0.3, -0.25) is 0 Å². The number of para-hydroxylation sites is 2. The zero-order valence-electron chi connectivity index (χ0n) is 26.0. The molecule has 3 aromatic heterocycles. The summed E-state index contributed by atoms with van der Waals surface area (Å²) in [7, 11) is 0. The number of benzene rings is 5. The maximum atomic E-state index is 10.5. The van der Waals surface area contributed by atoms with Gasteiger partial charge in [0, 0.05) is 35.7 Å². The van der Waals surface area contributed by atoms with Gasteiger partial charge in [-0.25, -0.2) is 0 Å². The molecule has 4 heterocycles. The maximum Gasteiger partial charge on any atom is 0.518 e. The Bertz CT molecular complexity index is 2450. The minimum atomic E-state index is -0.363. The molecule has 228 valence electrons. The zero-order chi connectivity index (χ0) is 32.1. The second-order valence-corrected chi connectivity index (χ2v) is 12.9. The van der Waals surface area contributed by atoms with Crippen molar-refractivity contribution in [2.75, 3.05) is 0 Å². The van der Waals surface area contributed by atoms with Crippen LogP contribution in [-0.4, -0.2) is 10.2 Å². The Hall–Kier alpha value is -5.72. The van der Waals surface area contributed by atoms with Gasteiger partial charge in [0.25, 0.3) is 11.0 Å². The van der Waals surface area contributed by atoms with Crippen LogP contribution >= 0.6 is 11.3 Å². The number of phenolic OH excluding ortho intramolecular Hbond substituents is 2. The molecular formula is C41H32N2O3S+2. The Morgan fingerprint density at radius 3 is 1.85 bits per heavy atom. The summed E-state index contributed by atoms with van der Waals surface area (Å²) < 4.78 is 10.6. The van der Waals surface area contributed by atoms with Crippen LogP contribution in [0.1, 0.15) is 17.7 Å². The number of rotatable bonds is 3. The second-order valence-electron chi connectivity index (χ2n) is 11.8. The van der Waals surface area contributed by atoms with Gasteiger partial charge in [-0.2, -0.15) is 0 Å². The van der Waals surface area contributed by atoms with Crippen molar-refractivity contribution < 1.29 is 24.1 Å². The second kappa shape index (κ2) is 11.6. The molecular weight excluding hydrogens is 601 g/mol. The molecule has 0 radical (unpaired) electrons. The molecule has 6 heteroatoms. The lowest BCUT2D eigenvalue weighted by molar-refractivity contribution is -0.952. The largest absolute Gasteiger partial charge is 0.518 e. The van der Waals surface area contributed by atoms with Crippen molar-refractivity contribution in [2.45, 2.75) is 20.2 Å². The average molecular weight is 633 g/mol. The van der Waals surface area contributed by atoms with E-state index in [2.05, 4.69) is 94.9 Å². The van der Waals surface area contributed by atoms with Crippen LogP contribution in [0.2, 0.25) is 0 Å². The van der Waals surface area contributed by atoms with E-state index in [0.717, 1.165) is 44.5 Å². The van der Waals surface area contributed by atoms with Crippen LogP contribution < -0.4 is 13.9 Å². The van der Waals surface area contributed by atoms with Crippen molar-refractivity contribution in [1.82, 2.24) is 0 Å². The van der Waals surface area contributed by atoms with Crippen LogP contribution in [0.25, 0.3) is 53.5 Å². The van der Waals surface area contributed by atoms with E-state index < -0.39 is 0 Å². The molecule has 0 amide bonds. The third-order valence-electron chi connectivity index (χ3n) is 8.79. The normalized spacial score (nSPS) is 13.4. The molecule has 0 bridgehead atoms. The molecule has 1 atom stereocenters. The SMILES string of the molecule is Cc1ccc2cccc(O)c2[n+]1[C@H]1Oc2cccc3ccc(C)[n+]1c23.Oc1ccc(-c2ccc(-c3ccc4ccccc4c3)s2)cc1. The number of hydrogen-bond donors (Lipinski definition) is 2. The minimum Gasteiger partial charge on any atom is -0.508 e. The number of nitrogens with zero attached hydrogens (tertiary/aromatic N) is 2. The standard InChI is InChI=1S/C21H17N2O2.C20H14OS/c1-13-9-11-15-5-3-7-17(24)19(15)22(13)21-23-14(2)10-12-16-6-4-8-18(25-21)20(16)23;21-18-9-7-15(8-10-18)19-11-12-20(22-19)17-6-5-14-3-1-2-4-16(14)13-17/h3-12,21H,1-2H3;1-13,21H/q+1;/p+1/t21-;/m1./s1. The Balaban J connectivity index is 0.000000139. The molecule has 0 aliphatic carbocycles. The molecule has 0 spiro atoms. The lowest BCUT2D eigenvalue weighted by Gasteiger charge is -2.09. The third kappa shape index (κ3) is 5.13. The van der Waals surface area contributed by atoms with Gasteiger partial charge in [0.15, 0.2) is 17.1 Å². The predicted octanol–water partition coefficient (Wildman–Crippen LogP) is 9.23. The highest BCUT2D eigenvalue weighted by Crippen LogP contribution is 2.36. The van der Waals surface area contributed by atoms with E-state index in [1.54, 1.807) is 29.5 Å². The summed E-state index contributed by atoms with van der Waals surface area (Å²) in [5, 5.41) is 24.6. The number of aromatic hydroxyl groups is 2. The minimum absolute atomic E-state index is 0.256. The van der Waals surface area contributed by atoms with Crippen molar-refractivity contribution in [3.63, 3.8) is 0 Å². The van der Waals surface area contributed by atoms with Crippen LogP contribution in [-0.2, 0) is 0 Å². The molecule has 9 rings (SSSR count). The highest BCUT2D eigenvalue weighted by atomic mass is 32.1. The van der Waals surface area contributed by atoms with E-state index in [4.69, 9.17) is 4.74 Å². The van der Waals surface area contributed by atoms with Gasteiger partial charge >= 0.3 is 6.35 Å². The molecule has 0 saturated heterocycles. The van der Waals surface area contributed by atoms with E-state index in [1.807, 2.05) is 49.4 Å². The van der Waals surface area contributed by atoms with E-state index in [0.29, 0.717) is 5.75 Å². The average Bonchev–Trinajstić information content (AvgIpc) is 3.74. The first-order valence-electron chi connectivity index (χ1n) is 15.6. The topological polar surface area (TPSA) is 57.5 Å². The molecule has 47 heavy (non-hydrogen) atoms. The Morgan fingerprint density at radius 2 is 1.11 bits per heavy atom. The first-order chi connectivity index (χ1) is 22.9. The number of ether oxygens (including phenoxy) is 1. The Kier molecular flexibility index (Phi) is 7.08. The number of fused-ring (bicyclic) bond motifs is 2. The van der Waals surface area contributed by atoms with Crippen LogP contribution in [0, 0.1) is 13.8 Å². The molecule has 1 aliphatic heterocycles. The van der Waals surface area contributed by atoms with Gasteiger partial charge in [-0.1, -0.05) is 57.7 Å². The van der Waals surface area contributed by atoms with Crippen molar-refractivity contribution in [1.29, 1.82) is 0 Å². The van der Waals surface area contributed by atoms with Gasteiger partial charge < -0.3 is 14.9 Å². The fraction of sp³-hybridized carbons (Fsp3) is 0.0732. The first kappa shape index (κ1) is 28.7. The van der Waals surface area contributed by atoms with Crippen molar-refractivity contribution >= 4 is 43.9 Å². The van der Waals surface area contributed by atoms with E-state index >= 15 is 0 Å². The quantitative estimate of drug-likeness (QED) is 0.191. The van der Waals surface area contributed by atoms with Crippen molar-refractivity contribution in [3.8, 4) is 38.1 Å². The first-order valence-corrected chi connectivity index (χ1v) is 16.4. The van der Waals surface area contributed by atoms with Gasteiger partial charge in [-0.05, 0) is 101 Å². The van der Waals surface area contributed by atoms with Gasteiger partial charge in [0.1, 0.15) is 5.75 Å². The summed E-state index contributed by atoms with van der Waals surface area (Å²) in [5.74, 6) is 1.42. The maximum absolute atomic E-state index is 10.5. The third-order valence-corrected chi connectivity index (χ3v) is 9.98. The number of phenols is 2. The molecule has 8 aromatic rings. The molecule has 1 aliphatic rings. The molecule has 0 fully saturated rings. The summed E-state index contributed by atoms with van der Waals surface area (Å²) in [5.41, 5.74) is 6.39. The fourth-order valence-corrected chi connectivity index (χ4v) is 7.43. The fourth-order valence-electron chi connectivity index (χ4n) is 6.43. The lowest BCUT2D eigenvalue weighted by Crippen LogP contribution is -2.60. The van der Waals surface area contributed by atoms with E-state index in [-0.39, 0.29) is 12.1 Å². The molecule has 0 saturated carbocycles. The van der Waals surface area contributed by atoms with E-state index in [1.165, 1.54) is 26.1 Å². The Morgan fingerprint density at radius 1 is 0.532 bits per heavy atom. The smallest absolute Gasteiger partial charge is 0.508 e. The summed E-state index contributed by atoms with van der Waals surface area (Å²) in [6.07, 6.45) is -0.363. The molecule has 5 aromatic carbocycles. The summed E-state index contributed by atoms with van der Waals surface area (Å²) in [6, 6.07) is 46.7. The lowest BCUT2D eigenvalue weighted by atomic mass is 10.1. The van der Waals surface area contributed by atoms with Crippen molar-refractivity contribution in [2.24, 2.45) is 0 Å². The monoisotopic (exact) mass is 632 g/mol. The number of hydrogen-bond acceptors (Lipinski definition) is 4. The highest BCUT2D eigenvalue weighted by Gasteiger charge is 2.44. The molecule has 5 nitrogen and oxygen atoms in total. The molecule has 2 N–H and O–H groups in total. The Labute approximate surface area is 276 Å². The van der Waals surface area contributed by atoms with Crippen LogP contribution in [0.4, 0.5) is 0 Å². The molecule has 0 unspecified atom stereocenters. The number of thiophene rings is 1. The van der Waals surface area contributed by atoms with Gasteiger partial charge in [0.05, 0.1) is 10.8 Å². The number of pyridine rings is 2. The van der Waals surface area contributed by atoms with Crippen LogP contribution in [0.15, 0.2) is 140 Å². The number of aryl methyl sites for hydroxylation is 2. The van der Waals surface area contributed by atoms with Gasteiger partial charge in [-0.15, -0.1) is 11.3 Å². The number of aromatic nitrogens is 2. The van der Waals surface area contributed by atoms with Crippen LogP contribution in [0.5, 0.6) is 17.2 Å².